The molecule has 0 aromatic carbocycles. The topological polar surface area (TPSA) is 50.1 Å². The van der Waals surface area contributed by atoms with Crippen LogP contribution in [0.2, 0.25) is 0 Å². The summed E-state index contributed by atoms with van der Waals surface area (Å²) in [5.74, 6) is 1.76. The van der Waals surface area contributed by atoms with E-state index in [4.69, 9.17) is 4.42 Å². The second-order valence-electron chi connectivity index (χ2n) is 5.40. The number of aromatic nitrogens is 1. The molecule has 2 N–H and O–H groups in total. The molecule has 2 atom stereocenters. The normalized spacial score (nSPS) is 32.0. The SMILES string of the molecule is Cc1nc(C)c(CNC23CCCC2NCC3)o1. The van der Waals surface area contributed by atoms with Crippen LogP contribution in [-0.2, 0) is 6.54 Å². The first-order valence-corrected chi connectivity index (χ1v) is 6.61. The van der Waals surface area contributed by atoms with E-state index in [0.717, 1.165) is 30.4 Å². The molecular formula is C13H21N3O. The highest BCUT2D eigenvalue weighted by molar-refractivity contribution is 5.12. The van der Waals surface area contributed by atoms with Gasteiger partial charge < -0.3 is 15.1 Å². The van der Waals surface area contributed by atoms with Crippen LogP contribution in [0.5, 0.6) is 0 Å². The molecule has 1 aliphatic carbocycles. The molecule has 2 aliphatic rings. The summed E-state index contributed by atoms with van der Waals surface area (Å²) in [5.41, 5.74) is 1.33. The summed E-state index contributed by atoms with van der Waals surface area (Å²) in [6.07, 6.45) is 5.17. The Morgan fingerprint density at radius 3 is 3.12 bits per heavy atom. The van der Waals surface area contributed by atoms with E-state index >= 15 is 0 Å². The highest BCUT2D eigenvalue weighted by atomic mass is 16.4. The predicted octanol–water partition coefficient (Wildman–Crippen LogP) is 1.67. The maximum absolute atomic E-state index is 5.63. The molecule has 1 aliphatic heterocycles. The van der Waals surface area contributed by atoms with Gasteiger partial charge in [0.05, 0.1) is 12.2 Å². The Morgan fingerprint density at radius 2 is 2.35 bits per heavy atom. The van der Waals surface area contributed by atoms with E-state index in [1.54, 1.807) is 0 Å². The van der Waals surface area contributed by atoms with Gasteiger partial charge in [-0.25, -0.2) is 4.98 Å². The van der Waals surface area contributed by atoms with E-state index in [2.05, 4.69) is 15.6 Å². The molecule has 1 saturated heterocycles. The average Bonchev–Trinajstić information content (AvgIpc) is 2.89. The highest BCUT2D eigenvalue weighted by Crippen LogP contribution is 2.36. The molecule has 2 unspecified atom stereocenters. The first-order valence-electron chi connectivity index (χ1n) is 6.61. The minimum Gasteiger partial charge on any atom is -0.444 e. The van der Waals surface area contributed by atoms with Gasteiger partial charge in [-0.3, -0.25) is 0 Å². The van der Waals surface area contributed by atoms with Gasteiger partial charge in [-0.05, 0) is 39.2 Å². The van der Waals surface area contributed by atoms with Crippen molar-refractivity contribution in [2.75, 3.05) is 6.54 Å². The third-order valence-electron chi connectivity index (χ3n) is 4.35. The highest BCUT2D eigenvalue weighted by Gasteiger charge is 2.45. The van der Waals surface area contributed by atoms with Crippen LogP contribution in [0.3, 0.4) is 0 Å². The van der Waals surface area contributed by atoms with Crippen molar-refractivity contribution in [3.05, 3.63) is 17.3 Å². The van der Waals surface area contributed by atoms with Gasteiger partial charge in [-0.1, -0.05) is 0 Å². The largest absolute Gasteiger partial charge is 0.444 e. The van der Waals surface area contributed by atoms with Crippen LogP contribution < -0.4 is 10.6 Å². The van der Waals surface area contributed by atoms with Crippen molar-refractivity contribution in [2.24, 2.45) is 0 Å². The summed E-state index contributed by atoms with van der Waals surface area (Å²) >= 11 is 0. The van der Waals surface area contributed by atoms with Crippen LogP contribution in [0, 0.1) is 13.8 Å². The molecule has 0 spiro atoms. The predicted molar refractivity (Wildman–Crippen MR) is 65.8 cm³/mol. The average molecular weight is 235 g/mol. The lowest BCUT2D eigenvalue weighted by Gasteiger charge is -2.30. The van der Waals surface area contributed by atoms with E-state index in [0.29, 0.717) is 11.6 Å². The fraction of sp³-hybridized carbons (Fsp3) is 0.769. The second-order valence-corrected chi connectivity index (χ2v) is 5.40. The van der Waals surface area contributed by atoms with Gasteiger partial charge in [0.1, 0.15) is 5.76 Å². The number of fused-ring (bicyclic) bond motifs is 1. The Bertz CT molecular complexity index is 403. The van der Waals surface area contributed by atoms with E-state index in [1.807, 2.05) is 13.8 Å². The lowest BCUT2D eigenvalue weighted by atomic mass is 9.93. The molecule has 94 valence electrons. The standard InChI is InChI=1S/C13H21N3O/c1-9-11(17-10(2)16-9)8-15-13-5-3-4-12(13)14-7-6-13/h12,14-15H,3-8H2,1-2H3. The number of nitrogens with one attached hydrogen (secondary N) is 2. The molecule has 3 rings (SSSR count). The summed E-state index contributed by atoms with van der Waals surface area (Å²) in [7, 11) is 0. The molecule has 2 fully saturated rings. The lowest BCUT2D eigenvalue weighted by Crippen LogP contribution is -2.49. The lowest BCUT2D eigenvalue weighted by molar-refractivity contribution is 0.303. The Labute approximate surface area is 102 Å². The second kappa shape index (κ2) is 4.10. The smallest absolute Gasteiger partial charge is 0.191 e. The summed E-state index contributed by atoms with van der Waals surface area (Å²) in [4.78, 5) is 4.32. The number of aryl methyl sites for hydroxylation is 2. The van der Waals surface area contributed by atoms with Crippen LogP contribution in [0.25, 0.3) is 0 Å². The maximum Gasteiger partial charge on any atom is 0.191 e. The van der Waals surface area contributed by atoms with Crippen molar-refractivity contribution in [3.63, 3.8) is 0 Å². The zero-order chi connectivity index (χ0) is 11.9. The quantitative estimate of drug-likeness (QED) is 0.836. The van der Waals surface area contributed by atoms with Crippen molar-refractivity contribution in [3.8, 4) is 0 Å². The number of rotatable bonds is 3. The zero-order valence-corrected chi connectivity index (χ0v) is 10.7. The molecule has 2 heterocycles. The third-order valence-corrected chi connectivity index (χ3v) is 4.35. The van der Waals surface area contributed by atoms with Crippen LogP contribution in [0.15, 0.2) is 4.42 Å². The monoisotopic (exact) mass is 235 g/mol. The van der Waals surface area contributed by atoms with Gasteiger partial charge in [-0.2, -0.15) is 0 Å². The van der Waals surface area contributed by atoms with Gasteiger partial charge in [0, 0.05) is 18.5 Å². The minimum absolute atomic E-state index is 0.313. The van der Waals surface area contributed by atoms with Crippen LogP contribution in [0.1, 0.15) is 43.0 Å². The summed E-state index contributed by atoms with van der Waals surface area (Å²) in [5, 5.41) is 7.34. The Kier molecular flexibility index (Phi) is 2.71. The Hall–Kier alpha value is -0.870. The fourth-order valence-electron chi connectivity index (χ4n) is 3.43. The Balaban J connectivity index is 1.69. The van der Waals surface area contributed by atoms with Gasteiger partial charge in [0.25, 0.3) is 0 Å². The number of oxazole rings is 1. The van der Waals surface area contributed by atoms with Gasteiger partial charge in [0.15, 0.2) is 5.89 Å². The van der Waals surface area contributed by atoms with Crippen LogP contribution in [-0.4, -0.2) is 23.1 Å². The molecular weight excluding hydrogens is 214 g/mol. The van der Waals surface area contributed by atoms with Crippen LogP contribution >= 0.6 is 0 Å². The Morgan fingerprint density at radius 1 is 1.47 bits per heavy atom. The molecule has 17 heavy (non-hydrogen) atoms. The van der Waals surface area contributed by atoms with Gasteiger partial charge >= 0.3 is 0 Å². The van der Waals surface area contributed by atoms with Crippen molar-refractivity contribution in [1.82, 2.24) is 15.6 Å². The summed E-state index contributed by atoms with van der Waals surface area (Å²) < 4.78 is 5.63. The van der Waals surface area contributed by atoms with E-state index < -0.39 is 0 Å². The van der Waals surface area contributed by atoms with Gasteiger partial charge in [0.2, 0.25) is 0 Å². The number of hydrogen-bond donors (Lipinski definition) is 2. The number of nitrogens with zero attached hydrogens (tertiary/aromatic N) is 1. The van der Waals surface area contributed by atoms with Crippen molar-refractivity contribution >= 4 is 0 Å². The van der Waals surface area contributed by atoms with Crippen molar-refractivity contribution in [1.29, 1.82) is 0 Å². The molecule has 0 bridgehead atoms. The first kappa shape index (κ1) is 11.2. The molecule has 4 nitrogen and oxygen atoms in total. The van der Waals surface area contributed by atoms with Gasteiger partial charge in [-0.15, -0.1) is 0 Å². The third kappa shape index (κ3) is 1.89. The molecule has 0 radical (unpaired) electrons. The van der Waals surface area contributed by atoms with Crippen molar-refractivity contribution in [2.45, 2.75) is 57.7 Å². The fourth-order valence-corrected chi connectivity index (χ4v) is 3.43. The minimum atomic E-state index is 0.313. The molecule has 1 saturated carbocycles. The van der Waals surface area contributed by atoms with Crippen molar-refractivity contribution < 1.29 is 4.42 Å². The molecule has 1 aromatic heterocycles. The summed E-state index contributed by atoms with van der Waals surface area (Å²) in [6.45, 7) is 5.88. The number of hydrogen-bond acceptors (Lipinski definition) is 4. The molecule has 1 aromatic rings. The maximum atomic E-state index is 5.63. The molecule has 0 amide bonds. The molecule has 4 heteroatoms. The zero-order valence-electron chi connectivity index (χ0n) is 10.7. The van der Waals surface area contributed by atoms with E-state index in [1.165, 1.54) is 25.7 Å². The van der Waals surface area contributed by atoms with Crippen LogP contribution in [0.4, 0.5) is 0 Å². The van der Waals surface area contributed by atoms with E-state index in [-0.39, 0.29) is 0 Å². The van der Waals surface area contributed by atoms with E-state index in [9.17, 15) is 0 Å². The summed E-state index contributed by atoms with van der Waals surface area (Å²) in [6, 6.07) is 0.659. The first-order chi connectivity index (χ1) is 8.20.